The van der Waals surface area contributed by atoms with Crippen molar-refractivity contribution in [2.45, 2.75) is 32.9 Å². The number of rotatable bonds is 11. The molecule has 1 aliphatic rings. The Labute approximate surface area is 192 Å². The molecule has 1 fully saturated rings. The van der Waals surface area contributed by atoms with Gasteiger partial charge in [0, 0.05) is 44.9 Å². The average molecular weight is 481 g/mol. The number of ether oxygens (including phenoxy) is 3. The van der Waals surface area contributed by atoms with E-state index in [1.54, 1.807) is 17.0 Å². The highest BCUT2D eigenvalue weighted by atomic mass is 35.5. The minimum absolute atomic E-state index is 0.0581. The van der Waals surface area contributed by atoms with Crippen molar-refractivity contribution in [3.05, 3.63) is 22.7 Å². The van der Waals surface area contributed by atoms with Crippen LogP contribution < -0.4 is 9.47 Å². The Balaban J connectivity index is 1.85. The fourth-order valence-corrected chi connectivity index (χ4v) is 3.58. The normalized spacial score (nSPS) is 15.3. The van der Waals surface area contributed by atoms with Gasteiger partial charge in [0.15, 0.2) is 11.5 Å². The fraction of sp³-hybridized carbons (Fsp3) is 0.682. The van der Waals surface area contributed by atoms with Gasteiger partial charge in [-0.3, -0.25) is 9.69 Å². The molecule has 0 aromatic heterocycles. The average Bonchev–Trinajstić information content (AvgIpc) is 2.73. The minimum atomic E-state index is -4.30. The molecule has 0 radical (unpaired) electrons. The molecule has 6 nitrogen and oxygen atoms in total. The summed E-state index contributed by atoms with van der Waals surface area (Å²) in [6, 6.07) is 3.24. The Kier molecular flexibility index (Phi) is 10.4. The maximum absolute atomic E-state index is 13.0. The first-order valence-electron chi connectivity index (χ1n) is 10.8. The predicted molar refractivity (Wildman–Crippen MR) is 117 cm³/mol. The van der Waals surface area contributed by atoms with Crippen molar-refractivity contribution in [1.29, 1.82) is 0 Å². The molecule has 1 saturated heterocycles. The lowest BCUT2D eigenvalue weighted by Crippen LogP contribution is -2.49. The first-order valence-corrected chi connectivity index (χ1v) is 11.1. The van der Waals surface area contributed by atoms with Gasteiger partial charge in [-0.15, -0.1) is 0 Å². The zero-order valence-corrected chi connectivity index (χ0v) is 19.6. The van der Waals surface area contributed by atoms with E-state index in [1.807, 2.05) is 0 Å². The standard InChI is InChI=1S/C22H32ClF3N2O4/c1-16(2)5-12-32-20-18(23)13-17(14-19(20)30-3)21(29)28-9-7-27(8-10-28)6-4-11-31-15-22(24,25)26/h13-14,16H,4-12,15H2,1-3H3. The highest BCUT2D eigenvalue weighted by molar-refractivity contribution is 6.32. The number of nitrogens with zero attached hydrogens (tertiary/aromatic N) is 2. The Morgan fingerprint density at radius 1 is 1.16 bits per heavy atom. The van der Waals surface area contributed by atoms with Crippen LogP contribution in [0.15, 0.2) is 12.1 Å². The zero-order valence-electron chi connectivity index (χ0n) is 18.8. The monoisotopic (exact) mass is 480 g/mol. The van der Waals surface area contributed by atoms with E-state index in [1.165, 1.54) is 7.11 Å². The quantitative estimate of drug-likeness (QED) is 0.436. The third kappa shape index (κ3) is 8.67. The van der Waals surface area contributed by atoms with Gasteiger partial charge in [-0.05, 0) is 30.9 Å². The molecule has 0 bridgehead atoms. The molecule has 32 heavy (non-hydrogen) atoms. The van der Waals surface area contributed by atoms with Crippen molar-refractivity contribution in [1.82, 2.24) is 9.80 Å². The smallest absolute Gasteiger partial charge is 0.411 e. The van der Waals surface area contributed by atoms with Crippen LogP contribution in [0.25, 0.3) is 0 Å². The molecule has 0 unspecified atom stereocenters. The Morgan fingerprint density at radius 2 is 1.84 bits per heavy atom. The number of methoxy groups -OCH3 is 1. The number of alkyl halides is 3. The molecule has 1 aliphatic heterocycles. The topological polar surface area (TPSA) is 51.2 Å². The number of carbonyl (C=O) groups excluding carboxylic acids is 1. The third-order valence-electron chi connectivity index (χ3n) is 5.11. The highest BCUT2D eigenvalue weighted by Gasteiger charge is 2.27. The second-order valence-electron chi connectivity index (χ2n) is 8.18. The fourth-order valence-electron chi connectivity index (χ4n) is 3.32. The Hall–Kier alpha value is -1.71. The van der Waals surface area contributed by atoms with Crippen molar-refractivity contribution < 1.29 is 32.2 Å². The number of hydrogen-bond donors (Lipinski definition) is 0. The predicted octanol–water partition coefficient (Wildman–Crippen LogP) is 4.50. The van der Waals surface area contributed by atoms with Crippen molar-refractivity contribution >= 4 is 17.5 Å². The summed E-state index contributed by atoms with van der Waals surface area (Å²) < 4.78 is 52.0. The zero-order chi connectivity index (χ0) is 23.7. The van der Waals surface area contributed by atoms with E-state index >= 15 is 0 Å². The molecule has 0 atom stereocenters. The minimum Gasteiger partial charge on any atom is -0.493 e. The molecular formula is C22H32ClF3N2O4. The number of amides is 1. The summed E-state index contributed by atoms with van der Waals surface area (Å²) >= 11 is 6.38. The molecule has 0 saturated carbocycles. The van der Waals surface area contributed by atoms with Crippen LogP contribution in [0.2, 0.25) is 5.02 Å². The Morgan fingerprint density at radius 3 is 2.44 bits per heavy atom. The molecule has 1 heterocycles. The summed E-state index contributed by atoms with van der Waals surface area (Å²) in [6.07, 6.45) is -2.91. The lowest BCUT2D eigenvalue weighted by Gasteiger charge is -2.34. The van der Waals surface area contributed by atoms with Crippen molar-refractivity contribution in [2.24, 2.45) is 5.92 Å². The number of piperazine rings is 1. The summed E-state index contributed by atoms with van der Waals surface area (Å²) in [4.78, 5) is 16.8. The lowest BCUT2D eigenvalue weighted by molar-refractivity contribution is -0.174. The van der Waals surface area contributed by atoms with Crippen LogP contribution in [-0.2, 0) is 4.74 Å². The van der Waals surface area contributed by atoms with Crippen molar-refractivity contribution in [3.63, 3.8) is 0 Å². The van der Waals surface area contributed by atoms with Crippen LogP contribution in [0.4, 0.5) is 13.2 Å². The van der Waals surface area contributed by atoms with Gasteiger partial charge < -0.3 is 19.1 Å². The maximum atomic E-state index is 13.0. The van der Waals surface area contributed by atoms with Crippen LogP contribution in [0, 0.1) is 5.92 Å². The second-order valence-corrected chi connectivity index (χ2v) is 8.58. The molecule has 1 aromatic carbocycles. The van der Waals surface area contributed by atoms with E-state index in [-0.39, 0.29) is 12.5 Å². The van der Waals surface area contributed by atoms with Gasteiger partial charge in [-0.2, -0.15) is 13.2 Å². The molecular weight excluding hydrogens is 449 g/mol. The van der Waals surface area contributed by atoms with Gasteiger partial charge in [0.2, 0.25) is 0 Å². The molecule has 0 aliphatic carbocycles. The maximum Gasteiger partial charge on any atom is 0.411 e. The molecule has 10 heteroatoms. The van der Waals surface area contributed by atoms with Crippen LogP contribution >= 0.6 is 11.6 Å². The first-order chi connectivity index (χ1) is 15.1. The Bertz CT molecular complexity index is 739. The third-order valence-corrected chi connectivity index (χ3v) is 5.39. The van der Waals surface area contributed by atoms with E-state index in [0.29, 0.717) is 73.8 Å². The van der Waals surface area contributed by atoms with E-state index in [2.05, 4.69) is 23.5 Å². The van der Waals surface area contributed by atoms with Crippen molar-refractivity contribution in [2.75, 3.05) is 59.7 Å². The van der Waals surface area contributed by atoms with Gasteiger partial charge in [0.1, 0.15) is 6.61 Å². The van der Waals surface area contributed by atoms with Gasteiger partial charge >= 0.3 is 6.18 Å². The van der Waals surface area contributed by atoms with Gasteiger partial charge in [0.25, 0.3) is 5.91 Å². The largest absolute Gasteiger partial charge is 0.493 e. The summed E-state index contributed by atoms with van der Waals surface area (Å²) in [5.74, 6) is 1.20. The molecule has 1 aromatic rings. The number of hydrogen-bond acceptors (Lipinski definition) is 5. The van der Waals surface area contributed by atoms with E-state index < -0.39 is 12.8 Å². The summed E-state index contributed by atoms with van der Waals surface area (Å²) in [6.45, 7) is 6.51. The molecule has 182 valence electrons. The van der Waals surface area contributed by atoms with E-state index in [4.69, 9.17) is 21.1 Å². The van der Waals surface area contributed by atoms with Gasteiger partial charge in [0.05, 0.1) is 18.7 Å². The van der Waals surface area contributed by atoms with Crippen LogP contribution in [0.3, 0.4) is 0 Å². The van der Waals surface area contributed by atoms with Gasteiger partial charge in [-0.1, -0.05) is 25.4 Å². The number of carbonyl (C=O) groups is 1. The first kappa shape index (κ1) is 26.5. The van der Waals surface area contributed by atoms with Crippen molar-refractivity contribution in [3.8, 4) is 11.5 Å². The molecule has 0 N–H and O–H groups in total. The number of benzene rings is 1. The van der Waals surface area contributed by atoms with Crippen LogP contribution in [0.1, 0.15) is 37.0 Å². The van der Waals surface area contributed by atoms with E-state index in [9.17, 15) is 18.0 Å². The summed E-state index contributed by atoms with van der Waals surface area (Å²) in [5, 5.41) is 0.328. The summed E-state index contributed by atoms with van der Waals surface area (Å²) in [7, 11) is 1.51. The van der Waals surface area contributed by atoms with E-state index in [0.717, 1.165) is 6.42 Å². The second kappa shape index (κ2) is 12.5. The number of halogens is 4. The SMILES string of the molecule is COc1cc(C(=O)N2CCN(CCCOCC(F)(F)F)CC2)cc(Cl)c1OCCC(C)C. The van der Waals surface area contributed by atoms with Crippen LogP contribution in [0.5, 0.6) is 11.5 Å². The highest BCUT2D eigenvalue weighted by Crippen LogP contribution is 2.37. The summed E-state index contributed by atoms with van der Waals surface area (Å²) in [5.41, 5.74) is 0.428. The molecule has 2 rings (SSSR count). The van der Waals surface area contributed by atoms with Crippen LogP contribution in [-0.4, -0.2) is 81.5 Å². The lowest BCUT2D eigenvalue weighted by atomic mass is 10.1. The van der Waals surface area contributed by atoms with Gasteiger partial charge in [-0.25, -0.2) is 0 Å². The molecule has 0 spiro atoms. The molecule has 1 amide bonds.